The highest BCUT2D eigenvalue weighted by molar-refractivity contribution is 5.90. The Morgan fingerprint density at radius 2 is 2.26 bits per heavy atom. The fourth-order valence-electron chi connectivity index (χ4n) is 1.53. The third-order valence-electron chi connectivity index (χ3n) is 2.46. The fraction of sp³-hybridized carbons (Fsp3) is 0.500. The van der Waals surface area contributed by atoms with Crippen molar-refractivity contribution in [2.45, 2.75) is 18.9 Å². The highest BCUT2D eigenvalue weighted by Gasteiger charge is 2.16. The maximum absolute atomic E-state index is 11.5. The van der Waals surface area contributed by atoms with Crippen LogP contribution in [-0.2, 0) is 16.0 Å². The SMILES string of the molecule is COCC(O)CCNC(=O)Cc1occc1C(=O)O. The summed E-state index contributed by atoms with van der Waals surface area (Å²) in [6.07, 6.45) is 0.816. The van der Waals surface area contributed by atoms with Gasteiger partial charge in [0, 0.05) is 13.7 Å². The lowest BCUT2D eigenvalue weighted by molar-refractivity contribution is -0.120. The lowest BCUT2D eigenvalue weighted by Gasteiger charge is -2.09. The molecule has 1 unspecified atom stereocenters. The smallest absolute Gasteiger partial charge is 0.339 e. The third-order valence-corrected chi connectivity index (χ3v) is 2.46. The molecule has 1 heterocycles. The van der Waals surface area contributed by atoms with Crippen LogP contribution in [0.4, 0.5) is 0 Å². The van der Waals surface area contributed by atoms with E-state index in [9.17, 15) is 14.7 Å². The van der Waals surface area contributed by atoms with Crippen molar-refractivity contribution in [1.82, 2.24) is 5.32 Å². The summed E-state index contributed by atoms with van der Waals surface area (Å²) in [6.45, 7) is 0.490. The molecule has 0 fully saturated rings. The molecule has 0 aliphatic carbocycles. The molecule has 1 rings (SSSR count). The molecular weight excluding hydrogens is 254 g/mol. The summed E-state index contributed by atoms with van der Waals surface area (Å²) in [7, 11) is 1.48. The molecule has 0 spiro atoms. The van der Waals surface area contributed by atoms with Gasteiger partial charge in [-0.25, -0.2) is 4.79 Å². The van der Waals surface area contributed by atoms with Gasteiger partial charge >= 0.3 is 5.97 Å². The van der Waals surface area contributed by atoms with Crippen LogP contribution in [0.1, 0.15) is 22.5 Å². The molecule has 0 radical (unpaired) electrons. The maximum atomic E-state index is 11.5. The number of carbonyl (C=O) groups excluding carboxylic acids is 1. The minimum atomic E-state index is -1.13. The minimum Gasteiger partial charge on any atom is -0.478 e. The van der Waals surface area contributed by atoms with Gasteiger partial charge in [-0.3, -0.25) is 4.79 Å². The first-order valence-corrected chi connectivity index (χ1v) is 5.78. The zero-order valence-corrected chi connectivity index (χ0v) is 10.6. The van der Waals surface area contributed by atoms with Crippen LogP contribution in [0.2, 0.25) is 0 Å². The van der Waals surface area contributed by atoms with Crippen LogP contribution in [0, 0.1) is 0 Å². The molecule has 1 aromatic heterocycles. The molecule has 1 aromatic rings. The molecule has 0 aliphatic heterocycles. The fourth-order valence-corrected chi connectivity index (χ4v) is 1.53. The van der Waals surface area contributed by atoms with E-state index in [1.807, 2.05) is 0 Å². The monoisotopic (exact) mass is 271 g/mol. The number of ether oxygens (including phenoxy) is 1. The molecular formula is C12H17NO6. The van der Waals surface area contributed by atoms with Crippen molar-refractivity contribution >= 4 is 11.9 Å². The number of methoxy groups -OCH3 is 1. The first kappa shape index (κ1) is 15.2. The summed E-state index contributed by atoms with van der Waals surface area (Å²) in [6, 6.07) is 1.30. The Morgan fingerprint density at radius 1 is 1.53 bits per heavy atom. The van der Waals surface area contributed by atoms with Crippen molar-refractivity contribution in [3.63, 3.8) is 0 Å². The Balaban J connectivity index is 2.35. The van der Waals surface area contributed by atoms with Gasteiger partial charge in [-0.15, -0.1) is 0 Å². The van der Waals surface area contributed by atoms with Gasteiger partial charge in [0.05, 0.1) is 25.4 Å². The quantitative estimate of drug-likeness (QED) is 0.615. The van der Waals surface area contributed by atoms with Crippen LogP contribution in [-0.4, -0.2) is 48.5 Å². The van der Waals surface area contributed by atoms with Gasteiger partial charge < -0.3 is 24.7 Å². The zero-order valence-electron chi connectivity index (χ0n) is 10.6. The topological polar surface area (TPSA) is 109 Å². The summed E-state index contributed by atoms with van der Waals surface area (Å²) in [5, 5.41) is 20.8. The number of carboxylic acids is 1. The number of aromatic carboxylic acids is 1. The zero-order chi connectivity index (χ0) is 14.3. The highest BCUT2D eigenvalue weighted by Crippen LogP contribution is 2.11. The van der Waals surface area contributed by atoms with Crippen molar-refractivity contribution in [2.24, 2.45) is 0 Å². The predicted octanol–water partition coefficient (Wildman–Crippen LogP) is 0.0339. The first-order valence-electron chi connectivity index (χ1n) is 5.78. The average molecular weight is 271 g/mol. The highest BCUT2D eigenvalue weighted by atomic mass is 16.5. The second kappa shape index (κ2) is 7.55. The molecule has 1 amide bonds. The van der Waals surface area contributed by atoms with Gasteiger partial charge in [-0.1, -0.05) is 0 Å². The van der Waals surface area contributed by atoms with E-state index in [-0.39, 0.29) is 36.8 Å². The number of carbonyl (C=O) groups is 2. The Hall–Kier alpha value is -1.86. The molecule has 19 heavy (non-hydrogen) atoms. The summed E-state index contributed by atoms with van der Waals surface area (Å²) < 4.78 is 9.70. The van der Waals surface area contributed by atoms with Crippen LogP contribution in [0.15, 0.2) is 16.7 Å². The normalized spacial score (nSPS) is 12.1. The van der Waals surface area contributed by atoms with Crippen LogP contribution >= 0.6 is 0 Å². The van der Waals surface area contributed by atoms with Crippen molar-refractivity contribution in [3.05, 3.63) is 23.7 Å². The van der Waals surface area contributed by atoms with E-state index in [2.05, 4.69) is 5.32 Å². The molecule has 0 aliphatic rings. The van der Waals surface area contributed by atoms with E-state index in [1.54, 1.807) is 0 Å². The number of nitrogens with one attached hydrogen (secondary N) is 1. The van der Waals surface area contributed by atoms with Crippen LogP contribution < -0.4 is 5.32 Å². The molecule has 0 saturated heterocycles. The predicted molar refractivity (Wildman–Crippen MR) is 64.9 cm³/mol. The van der Waals surface area contributed by atoms with Gasteiger partial charge in [-0.05, 0) is 12.5 Å². The third kappa shape index (κ3) is 5.11. The van der Waals surface area contributed by atoms with Crippen LogP contribution in [0.5, 0.6) is 0 Å². The van der Waals surface area contributed by atoms with E-state index in [0.29, 0.717) is 6.42 Å². The molecule has 0 bridgehead atoms. The average Bonchev–Trinajstić information content (AvgIpc) is 2.77. The van der Waals surface area contributed by atoms with Gasteiger partial charge in [0.2, 0.25) is 5.91 Å². The van der Waals surface area contributed by atoms with Crippen molar-refractivity contribution in [2.75, 3.05) is 20.3 Å². The van der Waals surface area contributed by atoms with Gasteiger partial charge in [-0.2, -0.15) is 0 Å². The standard InChI is InChI=1S/C12H17NO6/c1-18-7-8(14)2-4-13-11(15)6-10-9(12(16)17)3-5-19-10/h3,5,8,14H,2,4,6-7H2,1H3,(H,13,15)(H,16,17). The van der Waals surface area contributed by atoms with E-state index in [4.69, 9.17) is 14.3 Å². The lowest BCUT2D eigenvalue weighted by Crippen LogP contribution is -2.29. The molecule has 1 atom stereocenters. The Morgan fingerprint density at radius 3 is 2.89 bits per heavy atom. The number of carboxylic acid groups (broad SMARTS) is 1. The Labute approximate surface area is 110 Å². The second-order valence-electron chi connectivity index (χ2n) is 3.99. The van der Waals surface area contributed by atoms with Gasteiger partial charge in [0.15, 0.2) is 0 Å². The van der Waals surface area contributed by atoms with Crippen LogP contribution in [0.25, 0.3) is 0 Å². The number of amides is 1. The summed E-state index contributed by atoms with van der Waals surface area (Å²) in [5.41, 5.74) is -0.0189. The Kier molecular flexibility index (Phi) is 6.04. The van der Waals surface area contributed by atoms with Crippen LogP contribution in [0.3, 0.4) is 0 Å². The summed E-state index contributed by atoms with van der Waals surface area (Å²) in [5.74, 6) is -1.38. The maximum Gasteiger partial charge on any atom is 0.339 e. The Bertz CT molecular complexity index is 428. The summed E-state index contributed by atoms with van der Waals surface area (Å²) >= 11 is 0. The number of hydrogen-bond acceptors (Lipinski definition) is 5. The summed E-state index contributed by atoms with van der Waals surface area (Å²) in [4.78, 5) is 22.3. The number of furan rings is 1. The number of rotatable bonds is 8. The van der Waals surface area contributed by atoms with E-state index in [0.717, 1.165) is 0 Å². The van der Waals surface area contributed by atoms with Gasteiger partial charge in [0.25, 0.3) is 0 Å². The first-order chi connectivity index (χ1) is 9.04. The van der Waals surface area contributed by atoms with Gasteiger partial charge in [0.1, 0.15) is 11.3 Å². The number of aliphatic hydroxyl groups excluding tert-OH is 1. The van der Waals surface area contributed by atoms with Crippen molar-refractivity contribution < 1.29 is 29.0 Å². The molecule has 0 saturated carbocycles. The molecule has 7 heteroatoms. The van der Waals surface area contributed by atoms with E-state index >= 15 is 0 Å². The van der Waals surface area contributed by atoms with Crippen molar-refractivity contribution in [1.29, 1.82) is 0 Å². The lowest BCUT2D eigenvalue weighted by atomic mass is 10.2. The molecule has 7 nitrogen and oxygen atoms in total. The molecule has 106 valence electrons. The van der Waals surface area contributed by atoms with Crippen molar-refractivity contribution in [3.8, 4) is 0 Å². The van der Waals surface area contributed by atoms with E-state index in [1.165, 1.54) is 19.4 Å². The molecule has 3 N–H and O–H groups in total. The second-order valence-corrected chi connectivity index (χ2v) is 3.99. The number of aliphatic hydroxyl groups is 1. The molecule has 0 aromatic carbocycles. The number of hydrogen-bond donors (Lipinski definition) is 3. The largest absolute Gasteiger partial charge is 0.478 e. The van der Waals surface area contributed by atoms with E-state index < -0.39 is 12.1 Å². The minimum absolute atomic E-state index is 0.0189.